The molecule has 5 nitrogen and oxygen atoms in total. The molecule has 3 aromatic heterocycles. The third-order valence-corrected chi connectivity index (χ3v) is 3.87. The van der Waals surface area contributed by atoms with Gasteiger partial charge >= 0.3 is 12.4 Å². The monoisotopic (exact) mass is 415 g/mol. The average molecular weight is 416 g/mol. The van der Waals surface area contributed by atoms with Crippen molar-refractivity contribution in [3.8, 4) is 5.69 Å². The van der Waals surface area contributed by atoms with Crippen molar-refractivity contribution in [3.05, 3.63) is 39.8 Å². The predicted molar refractivity (Wildman–Crippen MR) is 81.1 cm³/mol. The van der Waals surface area contributed by atoms with E-state index in [0.29, 0.717) is 4.68 Å². The van der Waals surface area contributed by atoms with Crippen molar-refractivity contribution >= 4 is 40.1 Å². The van der Waals surface area contributed by atoms with E-state index in [9.17, 15) is 26.3 Å². The maximum Gasteiger partial charge on any atom is 0.433 e. The Morgan fingerprint density at radius 3 is 2.04 bits per heavy atom. The van der Waals surface area contributed by atoms with Crippen LogP contribution in [0.3, 0.4) is 0 Å². The lowest BCUT2D eigenvalue weighted by atomic mass is 10.1. The zero-order valence-electron chi connectivity index (χ0n) is 12.1. The number of rotatable bonds is 1. The molecule has 2 N–H and O–H groups in total. The summed E-state index contributed by atoms with van der Waals surface area (Å²) in [6.07, 6.45) is -8.00. The topological polar surface area (TPSA) is 69.6 Å². The highest BCUT2D eigenvalue weighted by atomic mass is 35.5. The van der Waals surface area contributed by atoms with Crippen LogP contribution >= 0.6 is 23.2 Å². The molecule has 0 aliphatic heterocycles. The minimum atomic E-state index is -5.13. The molecule has 0 spiro atoms. The fraction of sp³-hybridized carbons (Fsp3) is 0.154. The summed E-state index contributed by atoms with van der Waals surface area (Å²) < 4.78 is 79.2. The maximum absolute atomic E-state index is 13.3. The van der Waals surface area contributed by atoms with Crippen molar-refractivity contribution in [2.24, 2.45) is 0 Å². The van der Waals surface area contributed by atoms with Crippen molar-refractivity contribution in [2.45, 2.75) is 12.4 Å². The first-order chi connectivity index (χ1) is 11.9. The summed E-state index contributed by atoms with van der Waals surface area (Å²) in [5.41, 5.74) is 1.33. The molecule has 26 heavy (non-hydrogen) atoms. The summed E-state index contributed by atoms with van der Waals surface area (Å²) in [5, 5.41) is 2.59. The van der Waals surface area contributed by atoms with Gasteiger partial charge in [0.1, 0.15) is 17.2 Å². The van der Waals surface area contributed by atoms with Crippen molar-refractivity contribution in [1.82, 2.24) is 19.7 Å². The van der Waals surface area contributed by atoms with Crippen LogP contribution in [0, 0.1) is 0 Å². The predicted octanol–water partition coefficient (Wildman–Crippen LogP) is 4.74. The molecule has 0 aliphatic carbocycles. The van der Waals surface area contributed by atoms with Gasteiger partial charge in [0.05, 0.1) is 21.0 Å². The summed E-state index contributed by atoms with van der Waals surface area (Å²) in [7, 11) is 0. The van der Waals surface area contributed by atoms with Gasteiger partial charge < -0.3 is 5.73 Å². The first-order valence-corrected chi connectivity index (χ1v) is 7.30. The Bertz CT molecular complexity index is 991. The zero-order chi connectivity index (χ0) is 19.4. The molecule has 3 aromatic rings. The molecule has 0 radical (unpaired) electrons. The molecule has 0 amide bonds. The van der Waals surface area contributed by atoms with Gasteiger partial charge in [0.25, 0.3) is 0 Å². The van der Waals surface area contributed by atoms with Crippen LogP contribution in [0.2, 0.25) is 10.0 Å². The molecule has 13 heteroatoms. The van der Waals surface area contributed by atoms with Gasteiger partial charge in [-0.25, -0.2) is 9.67 Å². The van der Waals surface area contributed by atoms with Crippen LogP contribution in [0.15, 0.2) is 18.5 Å². The van der Waals surface area contributed by atoms with E-state index in [1.807, 2.05) is 0 Å². The summed E-state index contributed by atoms with van der Waals surface area (Å²) in [4.78, 5) is 6.81. The molecule has 0 bridgehead atoms. The highest BCUT2D eigenvalue weighted by molar-refractivity contribution is 6.37. The van der Waals surface area contributed by atoms with E-state index in [-0.39, 0.29) is 21.8 Å². The van der Waals surface area contributed by atoms with E-state index >= 15 is 0 Å². The lowest BCUT2D eigenvalue weighted by Gasteiger charge is -2.12. The van der Waals surface area contributed by atoms with Gasteiger partial charge in [-0.05, 0) is 6.07 Å². The van der Waals surface area contributed by atoms with Crippen molar-refractivity contribution in [2.75, 3.05) is 5.73 Å². The highest BCUT2D eigenvalue weighted by Crippen LogP contribution is 2.41. The fourth-order valence-corrected chi connectivity index (χ4v) is 2.78. The molecule has 0 aromatic carbocycles. The zero-order valence-corrected chi connectivity index (χ0v) is 13.6. The number of hydrogen-bond donors (Lipinski definition) is 1. The van der Waals surface area contributed by atoms with Crippen LogP contribution < -0.4 is 5.73 Å². The summed E-state index contributed by atoms with van der Waals surface area (Å²) in [6, 6.07) is -0.125. The van der Waals surface area contributed by atoms with Crippen molar-refractivity contribution in [1.29, 1.82) is 0 Å². The Labute approximate surface area is 150 Å². The molecule has 0 fully saturated rings. The van der Waals surface area contributed by atoms with Gasteiger partial charge in [-0.2, -0.15) is 26.3 Å². The number of nitrogens with zero attached hydrogens (tertiary/aromatic N) is 4. The van der Waals surface area contributed by atoms with Crippen LogP contribution in [0.4, 0.5) is 32.2 Å². The van der Waals surface area contributed by atoms with E-state index < -0.39 is 40.5 Å². The standard InChI is InChI=1S/C13H5Cl2F6N5/c14-5-2-23-3-6(15)9(5)26-10(22)8-4(12(16,17)18)1-7(13(19,20)21)24-11(8)25-26/h1-3H,22H2. The van der Waals surface area contributed by atoms with Gasteiger partial charge in [-0.3, -0.25) is 4.98 Å². The van der Waals surface area contributed by atoms with Crippen LogP contribution in [0.25, 0.3) is 16.7 Å². The number of halogens is 8. The molecular weight excluding hydrogens is 411 g/mol. The van der Waals surface area contributed by atoms with Gasteiger partial charge in [0, 0.05) is 12.4 Å². The van der Waals surface area contributed by atoms with E-state index in [1.54, 1.807) is 0 Å². The number of alkyl halides is 6. The Morgan fingerprint density at radius 1 is 0.962 bits per heavy atom. The molecule has 3 heterocycles. The summed E-state index contributed by atoms with van der Waals surface area (Å²) in [6.45, 7) is 0. The number of nitrogen functional groups attached to an aromatic ring is 1. The SMILES string of the molecule is Nc1c2c(C(F)(F)F)cc(C(F)(F)F)nc2nn1-c1c(Cl)cncc1Cl. The highest BCUT2D eigenvalue weighted by Gasteiger charge is 2.41. The van der Waals surface area contributed by atoms with Crippen molar-refractivity contribution < 1.29 is 26.3 Å². The quantitative estimate of drug-likeness (QED) is 0.582. The number of fused-ring (bicyclic) bond motifs is 1. The molecule has 138 valence electrons. The minimum absolute atomic E-state index is 0.124. The van der Waals surface area contributed by atoms with E-state index in [2.05, 4.69) is 15.1 Å². The Kier molecular flexibility index (Phi) is 4.19. The van der Waals surface area contributed by atoms with Crippen LogP contribution in [0.5, 0.6) is 0 Å². The van der Waals surface area contributed by atoms with E-state index in [4.69, 9.17) is 28.9 Å². The number of pyridine rings is 2. The Balaban J connectivity index is 2.42. The van der Waals surface area contributed by atoms with Gasteiger partial charge in [0.2, 0.25) is 0 Å². The smallest absolute Gasteiger partial charge is 0.383 e. The lowest BCUT2D eigenvalue weighted by molar-refractivity contribution is -0.144. The third-order valence-electron chi connectivity index (χ3n) is 3.32. The average Bonchev–Trinajstić information content (AvgIpc) is 2.81. The largest absolute Gasteiger partial charge is 0.433 e. The second-order valence-corrected chi connectivity index (χ2v) is 5.81. The normalized spacial score (nSPS) is 12.8. The number of aromatic nitrogens is 4. The van der Waals surface area contributed by atoms with Gasteiger partial charge in [0.15, 0.2) is 5.65 Å². The van der Waals surface area contributed by atoms with E-state index in [0.717, 1.165) is 12.4 Å². The van der Waals surface area contributed by atoms with E-state index in [1.165, 1.54) is 0 Å². The number of anilines is 1. The molecule has 0 saturated carbocycles. The fourth-order valence-electron chi connectivity index (χ4n) is 2.26. The molecule has 0 aliphatic rings. The first kappa shape index (κ1) is 18.5. The summed E-state index contributed by atoms with van der Waals surface area (Å²) in [5.74, 6) is -0.622. The van der Waals surface area contributed by atoms with Crippen molar-refractivity contribution in [3.63, 3.8) is 0 Å². The number of nitrogens with two attached hydrogens (primary N) is 1. The molecule has 3 rings (SSSR count). The Morgan fingerprint density at radius 2 is 1.54 bits per heavy atom. The maximum atomic E-state index is 13.3. The third kappa shape index (κ3) is 3.01. The first-order valence-electron chi connectivity index (χ1n) is 6.54. The number of hydrogen-bond acceptors (Lipinski definition) is 4. The minimum Gasteiger partial charge on any atom is -0.383 e. The second kappa shape index (κ2) is 5.88. The van der Waals surface area contributed by atoms with Crippen LogP contribution in [-0.2, 0) is 12.4 Å². The summed E-state index contributed by atoms with van der Waals surface area (Å²) >= 11 is 11.8. The second-order valence-electron chi connectivity index (χ2n) is 5.00. The molecule has 0 saturated heterocycles. The Hall–Kier alpha value is -2.27. The van der Waals surface area contributed by atoms with Crippen LogP contribution in [0.1, 0.15) is 11.3 Å². The molecular formula is C13H5Cl2F6N5. The van der Waals surface area contributed by atoms with Crippen LogP contribution in [-0.4, -0.2) is 19.7 Å². The lowest BCUT2D eigenvalue weighted by Crippen LogP contribution is -2.13. The van der Waals surface area contributed by atoms with Gasteiger partial charge in [-0.15, -0.1) is 5.10 Å². The molecule has 0 atom stereocenters. The van der Waals surface area contributed by atoms with Gasteiger partial charge in [-0.1, -0.05) is 23.2 Å². The molecule has 0 unspecified atom stereocenters.